The average molecular weight is 180 g/mol. The van der Waals surface area contributed by atoms with Crippen LogP contribution in [-0.4, -0.2) is 29.1 Å². The molecule has 0 aromatic heterocycles. The molecule has 0 aromatic rings. The van der Waals surface area contributed by atoms with Crippen molar-refractivity contribution in [3.8, 4) is 0 Å². The van der Waals surface area contributed by atoms with Crippen LogP contribution in [-0.2, 0) is 0 Å². The lowest BCUT2D eigenvalue weighted by atomic mass is 9.85. The maximum atomic E-state index is 6.05. The summed E-state index contributed by atoms with van der Waals surface area (Å²) in [6, 6.07) is 1.44. The van der Waals surface area contributed by atoms with Crippen molar-refractivity contribution < 1.29 is 0 Å². The molecule has 1 heterocycles. The Balaban J connectivity index is 1.72. The standard InChI is InChI=1S/C11H20N2/c12-9-4-7-13(10-2-1-3-10)11(8-9)5-6-11/h9-10H,1-8,12H2. The molecule has 1 unspecified atom stereocenters. The summed E-state index contributed by atoms with van der Waals surface area (Å²) >= 11 is 0. The van der Waals surface area contributed by atoms with Gasteiger partial charge in [-0.05, 0) is 38.5 Å². The van der Waals surface area contributed by atoms with Gasteiger partial charge in [0.25, 0.3) is 0 Å². The van der Waals surface area contributed by atoms with E-state index in [1.165, 1.54) is 51.5 Å². The van der Waals surface area contributed by atoms with Gasteiger partial charge in [-0.3, -0.25) is 4.90 Å². The minimum absolute atomic E-state index is 0.499. The lowest BCUT2D eigenvalue weighted by Crippen LogP contribution is -2.55. The molecule has 0 aromatic carbocycles. The zero-order chi connectivity index (χ0) is 8.89. The third kappa shape index (κ3) is 1.23. The predicted molar refractivity (Wildman–Crippen MR) is 53.5 cm³/mol. The monoisotopic (exact) mass is 180 g/mol. The highest BCUT2D eigenvalue weighted by Gasteiger charge is 2.53. The molecule has 1 atom stereocenters. The number of hydrogen-bond donors (Lipinski definition) is 1. The fraction of sp³-hybridized carbons (Fsp3) is 1.00. The summed E-state index contributed by atoms with van der Waals surface area (Å²) in [6.45, 7) is 1.28. The fourth-order valence-electron chi connectivity index (χ4n) is 3.15. The largest absolute Gasteiger partial charge is 0.328 e. The Hall–Kier alpha value is -0.0800. The molecule has 2 aliphatic carbocycles. The number of hydrogen-bond acceptors (Lipinski definition) is 2. The van der Waals surface area contributed by atoms with E-state index in [1.54, 1.807) is 0 Å². The normalized spacial score (nSPS) is 39.0. The van der Waals surface area contributed by atoms with E-state index in [0.717, 1.165) is 6.04 Å². The zero-order valence-electron chi connectivity index (χ0n) is 8.34. The van der Waals surface area contributed by atoms with Gasteiger partial charge in [-0.15, -0.1) is 0 Å². The Kier molecular flexibility index (Phi) is 1.72. The molecule has 3 aliphatic rings. The van der Waals surface area contributed by atoms with Gasteiger partial charge in [-0.2, -0.15) is 0 Å². The quantitative estimate of drug-likeness (QED) is 0.662. The molecule has 0 bridgehead atoms. The first-order valence-corrected chi connectivity index (χ1v) is 5.83. The molecule has 3 rings (SSSR count). The molecule has 74 valence electrons. The van der Waals surface area contributed by atoms with Gasteiger partial charge in [0.1, 0.15) is 0 Å². The first-order valence-electron chi connectivity index (χ1n) is 5.83. The van der Waals surface area contributed by atoms with E-state index < -0.39 is 0 Å². The van der Waals surface area contributed by atoms with Crippen molar-refractivity contribution in [2.45, 2.75) is 62.6 Å². The third-order valence-electron chi connectivity index (χ3n) is 4.33. The second kappa shape index (κ2) is 2.71. The van der Waals surface area contributed by atoms with Crippen molar-refractivity contribution in [3.63, 3.8) is 0 Å². The molecule has 2 nitrogen and oxygen atoms in total. The van der Waals surface area contributed by atoms with Crippen LogP contribution in [0.3, 0.4) is 0 Å². The number of nitrogens with zero attached hydrogens (tertiary/aromatic N) is 1. The molecular weight excluding hydrogens is 160 g/mol. The van der Waals surface area contributed by atoms with Gasteiger partial charge < -0.3 is 5.73 Å². The summed E-state index contributed by atoms with van der Waals surface area (Å²) in [4.78, 5) is 2.81. The van der Waals surface area contributed by atoms with Gasteiger partial charge >= 0.3 is 0 Å². The van der Waals surface area contributed by atoms with Crippen LogP contribution in [0.1, 0.15) is 44.9 Å². The van der Waals surface area contributed by atoms with Gasteiger partial charge in [0.2, 0.25) is 0 Å². The SMILES string of the molecule is NC1CCN(C2CCC2)C2(CC2)C1. The summed E-state index contributed by atoms with van der Waals surface area (Å²) in [5.74, 6) is 0. The van der Waals surface area contributed by atoms with Crippen molar-refractivity contribution >= 4 is 0 Å². The van der Waals surface area contributed by atoms with Crippen LogP contribution in [0.25, 0.3) is 0 Å². The van der Waals surface area contributed by atoms with Crippen molar-refractivity contribution in [3.05, 3.63) is 0 Å². The highest BCUT2D eigenvalue weighted by atomic mass is 15.3. The number of nitrogens with two attached hydrogens (primary N) is 1. The van der Waals surface area contributed by atoms with Gasteiger partial charge in [-0.1, -0.05) is 6.42 Å². The van der Waals surface area contributed by atoms with Crippen LogP contribution >= 0.6 is 0 Å². The van der Waals surface area contributed by atoms with E-state index in [2.05, 4.69) is 4.90 Å². The number of likely N-dealkylation sites (tertiary alicyclic amines) is 1. The fourth-order valence-corrected chi connectivity index (χ4v) is 3.15. The second-order valence-electron chi connectivity index (χ2n) is 5.26. The van der Waals surface area contributed by atoms with Gasteiger partial charge in [-0.25, -0.2) is 0 Å². The van der Waals surface area contributed by atoms with Crippen molar-refractivity contribution in [2.24, 2.45) is 5.73 Å². The Morgan fingerprint density at radius 2 is 1.92 bits per heavy atom. The molecule has 2 saturated carbocycles. The highest BCUT2D eigenvalue weighted by molar-refractivity contribution is 5.10. The molecule has 0 radical (unpaired) electrons. The lowest BCUT2D eigenvalue weighted by Gasteiger charge is -2.47. The summed E-state index contributed by atoms with van der Waals surface area (Å²) in [5, 5.41) is 0. The van der Waals surface area contributed by atoms with E-state index in [9.17, 15) is 0 Å². The first-order chi connectivity index (χ1) is 6.30. The Labute approximate surface area is 80.5 Å². The van der Waals surface area contributed by atoms with E-state index in [-0.39, 0.29) is 0 Å². The van der Waals surface area contributed by atoms with Gasteiger partial charge in [0, 0.05) is 24.2 Å². The first kappa shape index (κ1) is 8.25. The average Bonchev–Trinajstić information content (AvgIpc) is 2.73. The lowest BCUT2D eigenvalue weighted by molar-refractivity contribution is 0.0310. The second-order valence-corrected chi connectivity index (χ2v) is 5.26. The summed E-state index contributed by atoms with van der Waals surface area (Å²) < 4.78 is 0. The van der Waals surface area contributed by atoms with Crippen LogP contribution in [0.4, 0.5) is 0 Å². The minimum atomic E-state index is 0.499. The summed E-state index contributed by atoms with van der Waals surface area (Å²) in [7, 11) is 0. The van der Waals surface area contributed by atoms with Crippen molar-refractivity contribution in [1.82, 2.24) is 4.90 Å². The molecule has 2 N–H and O–H groups in total. The summed E-state index contributed by atoms with van der Waals surface area (Å²) in [6.07, 6.45) is 9.74. The molecule has 3 fully saturated rings. The molecular formula is C11H20N2. The van der Waals surface area contributed by atoms with Gasteiger partial charge in [0.15, 0.2) is 0 Å². The Bertz CT molecular complexity index is 206. The van der Waals surface area contributed by atoms with Crippen LogP contribution in [0.2, 0.25) is 0 Å². The van der Waals surface area contributed by atoms with Crippen molar-refractivity contribution in [2.75, 3.05) is 6.54 Å². The Morgan fingerprint density at radius 3 is 2.46 bits per heavy atom. The highest BCUT2D eigenvalue weighted by Crippen LogP contribution is 2.51. The molecule has 0 amide bonds. The molecule has 1 spiro atoms. The molecule has 1 saturated heterocycles. The predicted octanol–water partition coefficient (Wildman–Crippen LogP) is 1.49. The van der Waals surface area contributed by atoms with Crippen LogP contribution in [0.5, 0.6) is 0 Å². The van der Waals surface area contributed by atoms with E-state index >= 15 is 0 Å². The van der Waals surface area contributed by atoms with Gasteiger partial charge in [0.05, 0.1) is 0 Å². The van der Waals surface area contributed by atoms with Crippen LogP contribution in [0.15, 0.2) is 0 Å². The topological polar surface area (TPSA) is 29.3 Å². The van der Waals surface area contributed by atoms with E-state index in [0.29, 0.717) is 11.6 Å². The van der Waals surface area contributed by atoms with E-state index in [4.69, 9.17) is 5.73 Å². The number of piperidine rings is 1. The molecule has 1 aliphatic heterocycles. The summed E-state index contributed by atoms with van der Waals surface area (Å²) in [5.41, 5.74) is 6.65. The number of rotatable bonds is 1. The minimum Gasteiger partial charge on any atom is -0.328 e. The van der Waals surface area contributed by atoms with Crippen molar-refractivity contribution in [1.29, 1.82) is 0 Å². The third-order valence-corrected chi connectivity index (χ3v) is 4.33. The van der Waals surface area contributed by atoms with Crippen LogP contribution in [0, 0.1) is 0 Å². The zero-order valence-corrected chi connectivity index (χ0v) is 8.34. The molecule has 2 heteroatoms. The van der Waals surface area contributed by atoms with Crippen LogP contribution < -0.4 is 5.73 Å². The maximum absolute atomic E-state index is 6.05. The molecule has 13 heavy (non-hydrogen) atoms. The Morgan fingerprint density at radius 1 is 1.15 bits per heavy atom. The maximum Gasteiger partial charge on any atom is 0.0228 e. The smallest absolute Gasteiger partial charge is 0.0228 e. The van der Waals surface area contributed by atoms with E-state index in [1.807, 2.05) is 0 Å².